The molecule has 2 fully saturated rings. The first kappa shape index (κ1) is 19.5. The maximum absolute atomic E-state index is 15.2. The molecule has 1 saturated heterocycles. The van der Waals surface area contributed by atoms with Crippen molar-refractivity contribution < 1.29 is 9.13 Å². The second kappa shape index (κ2) is 7.52. The SMILES string of the molecule is CNCC(C#N)C1CCN(c2c(F)cc3c(=O)[nH]c(=O)n(C4CC4)c3c2OC)C1. The normalized spacial score (nSPS) is 20.1. The van der Waals surface area contributed by atoms with Crippen molar-refractivity contribution in [2.75, 3.05) is 38.7 Å². The molecule has 29 heavy (non-hydrogen) atoms. The predicted octanol–water partition coefficient (Wildman–Crippen LogP) is 1.36. The second-order valence-corrected chi connectivity index (χ2v) is 7.78. The van der Waals surface area contributed by atoms with Gasteiger partial charge in [-0.15, -0.1) is 0 Å². The molecular weight excluding hydrogens is 377 g/mol. The first-order chi connectivity index (χ1) is 14.0. The van der Waals surface area contributed by atoms with Crippen LogP contribution in [-0.2, 0) is 0 Å². The summed E-state index contributed by atoms with van der Waals surface area (Å²) < 4.78 is 22.3. The molecule has 2 heterocycles. The number of hydrogen-bond donors (Lipinski definition) is 2. The molecule has 0 radical (unpaired) electrons. The number of H-pyrrole nitrogens is 1. The Balaban J connectivity index is 1.85. The van der Waals surface area contributed by atoms with Gasteiger partial charge in [-0.3, -0.25) is 14.3 Å². The molecule has 1 aliphatic heterocycles. The van der Waals surface area contributed by atoms with E-state index in [0.29, 0.717) is 25.2 Å². The van der Waals surface area contributed by atoms with Gasteiger partial charge < -0.3 is 15.0 Å². The van der Waals surface area contributed by atoms with Crippen molar-refractivity contribution in [3.63, 3.8) is 0 Å². The van der Waals surface area contributed by atoms with E-state index in [1.807, 2.05) is 4.90 Å². The van der Waals surface area contributed by atoms with Gasteiger partial charge in [-0.2, -0.15) is 5.26 Å². The van der Waals surface area contributed by atoms with Crippen LogP contribution < -0.4 is 26.2 Å². The summed E-state index contributed by atoms with van der Waals surface area (Å²) in [5.41, 5.74) is -0.527. The minimum absolute atomic E-state index is 0.0148. The van der Waals surface area contributed by atoms with Crippen LogP contribution in [-0.4, -0.2) is 43.3 Å². The third kappa shape index (κ3) is 3.27. The lowest BCUT2D eigenvalue weighted by Gasteiger charge is -2.25. The van der Waals surface area contributed by atoms with Crippen LogP contribution in [0.1, 0.15) is 25.3 Å². The Hall–Kier alpha value is -2.86. The topological polar surface area (TPSA) is 103 Å². The Morgan fingerprint density at radius 3 is 2.79 bits per heavy atom. The molecule has 0 spiro atoms. The molecule has 1 aromatic heterocycles. The second-order valence-electron chi connectivity index (χ2n) is 7.78. The van der Waals surface area contributed by atoms with E-state index in [0.717, 1.165) is 19.3 Å². The molecule has 0 bridgehead atoms. The molecule has 1 aromatic carbocycles. The highest BCUT2D eigenvalue weighted by Crippen LogP contribution is 2.43. The molecular formula is C20H24FN5O3. The number of fused-ring (bicyclic) bond motifs is 1. The van der Waals surface area contributed by atoms with Crippen molar-refractivity contribution in [2.45, 2.75) is 25.3 Å². The van der Waals surface area contributed by atoms with Crippen molar-refractivity contribution in [2.24, 2.45) is 11.8 Å². The van der Waals surface area contributed by atoms with E-state index in [1.165, 1.54) is 17.7 Å². The average molecular weight is 401 g/mol. The fraction of sp³-hybridized carbons (Fsp3) is 0.550. The number of methoxy groups -OCH3 is 1. The number of aromatic nitrogens is 2. The summed E-state index contributed by atoms with van der Waals surface area (Å²) in [6.07, 6.45) is 2.42. The lowest BCUT2D eigenvalue weighted by atomic mass is 9.93. The summed E-state index contributed by atoms with van der Waals surface area (Å²) in [5, 5.41) is 12.6. The number of rotatable bonds is 6. The van der Waals surface area contributed by atoms with Gasteiger partial charge >= 0.3 is 5.69 Å². The summed E-state index contributed by atoms with van der Waals surface area (Å²) in [5.74, 6) is -0.439. The van der Waals surface area contributed by atoms with Gasteiger partial charge in [-0.05, 0) is 38.3 Å². The highest BCUT2D eigenvalue weighted by Gasteiger charge is 2.35. The van der Waals surface area contributed by atoms with Crippen molar-refractivity contribution >= 4 is 16.6 Å². The third-order valence-corrected chi connectivity index (χ3v) is 5.92. The first-order valence-corrected chi connectivity index (χ1v) is 9.84. The zero-order valence-corrected chi connectivity index (χ0v) is 16.5. The Kier molecular flexibility index (Phi) is 5.04. The zero-order chi connectivity index (χ0) is 20.7. The quantitative estimate of drug-likeness (QED) is 0.758. The van der Waals surface area contributed by atoms with Gasteiger partial charge in [0.2, 0.25) is 0 Å². The van der Waals surface area contributed by atoms with Gasteiger partial charge in [0.25, 0.3) is 5.56 Å². The molecule has 0 amide bonds. The number of nitrogens with one attached hydrogen (secondary N) is 2. The molecule has 4 rings (SSSR count). The predicted molar refractivity (Wildman–Crippen MR) is 107 cm³/mol. The van der Waals surface area contributed by atoms with Gasteiger partial charge in [-0.1, -0.05) is 0 Å². The van der Waals surface area contributed by atoms with E-state index in [1.54, 1.807) is 7.05 Å². The van der Waals surface area contributed by atoms with E-state index in [9.17, 15) is 14.9 Å². The summed E-state index contributed by atoms with van der Waals surface area (Å²) in [6, 6.07) is 3.50. The van der Waals surface area contributed by atoms with Crippen LogP contribution in [0.5, 0.6) is 5.75 Å². The first-order valence-electron chi connectivity index (χ1n) is 9.84. The molecule has 9 heteroatoms. The van der Waals surface area contributed by atoms with Crippen LogP contribution in [0.25, 0.3) is 10.9 Å². The smallest absolute Gasteiger partial charge is 0.329 e. The maximum atomic E-state index is 15.2. The lowest BCUT2D eigenvalue weighted by Crippen LogP contribution is -2.31. The van der Waals surface area contributed by atoms with Gasteiger partial charge in [-0.25, -0.2) is 9.18 Å². The highest BCUT2D eigenvalue weighted by atomic mass is 19.1. The van der Waals surface area contributed by atoms with Gasteiger partial charge in [0, 0.05) is 25.7 Å². The molecule has 154 valence electrons. The van der Waals surface area contributed by atoms with Gasteiger partial charge in [0.05, 0.1) is 24.5 Å². The summed E-state index contributed by atoms with van der Waals surface area (Å²) in [4.78, 5) is 29.0. The standard InChI is InChI=1S/C20H24FN5O3/c1-23-9-12(8-22)11-5-6-25(10-11)17-15(21)7-14-16(18(17)29-2)26(13-3-4-13)20(28)24-19(14)27/h7,11-13,23H,3-6,9-10H2,1-2H3,(H,24,27,28). The monoisotopic (exact) mass is 401 g/mol. The van der Waals surface area contributed by atoms with E-state index in [-0.39, 0.29) is 34.7 Å². The summed E-state index contributed by atoms with van der Waals surface area (Å²) in [6.45, 7) is 1.65. The maximum Gasteiger partial charge on any atom is 0.329 e. The lowest BCUT2D eigenvalue weighted by molar-refractivity contribution is 0.410. The third-order valence-electron chi connectivity index (χ3n) is 5.92. The largest absolute Gasteiger partial charge is 0.492 e. The Bertz CT molecular complexity index is 1100. The number of nitriles is 1. The molecule has 2 aliphatic rings. The number of aromatic amines is 1. The molecule has 2 unspecified atom stereocenters. The van der Waals surface area contributed by atoms with E-state index in [2.05, 4.69) is 16.4 Å². The number of anilines is 1. The van der Waals surface area contributed by atoms with Crippen LogP contribution in [0.3, 0.4) is 0 Å². The fourth-order valence-corrected chi connectivity index (χ4v) is 4.37. The average Bonchev–Trinajstić information content (AvgIpc) is 3.42. The Morgan fingerprint density at radius 1 is 1.41 bits per heavy atom. The van der Waals surface area contributed by atoms with Crippen LogP contribution in [0.4, 0.5) is 10.1 Å². The molecule has 1 saturated carbocycles. The van der Waals surface area contributed by atoms with Crippen molar-refractivity contribution in [3.8, 4) is 11.8 Å². The van der Waals surface area contributed by atoms with Gasteiger partial charge in [0.15, 0.2) is 11.6 Å². The van der Waals surface area contributed by atoms with Crippen LogP contribution >= 0.6 is 0 Å². The number of hydrogen-bond acceptors (Lipinski definition) is 6. The molecule has 1 aliphatic carbocycles. The van der Waals surface area contributed by atoms with E-state index >= 15 is 4.39 Å². The van der Waals surface area contributed by atoms with Crippen molar-refractivity contribution in [3.05, 3.63) is 32.7 Å². The van der Waals surface area contributed by atoms with Crippen LogP contribution in [0, 0.1) is 29.0 Å². The van der Waals surface area contributed by atoms with E-state index in [4.69, 9.17) is 4.74 Å². The molecule has 2 atom stereocenters. The Morgan fingerprint density at radius 2 is 2.17 bits per heavy atom. The van der Waals surface area contributed by atoms with Crippen molar-refractivity contribution in [1.82, 2.24) is 14.9 Å². The van der Waals surface area contributed by atoms with Gasteiger partial charge in [0.1, 0.15) is 11.2 Å². The Labute approximate surface area is 166 Å². The number of nitrogens with zero attached hydrogens (tertiary/aromatic N) is 3. The minimum Gasteiger partial charge on any atom is -0.492 e. The number of halogens is 1. The fourth-order valence-electron chi connectivity index (χ4n) is 4.37. The van der Waals surface area contributed by atoms with Crippen LogP contribution in [0.15, 0.2) is 15.7 Å². The number of ether oxygens (including phenoxy) is 1. The summed E-state index contributed by atoms with van der Waals surface area (Å²) >= 11 is 0. The zero-order valence-electron chi connectivity index (χ0n) is 16.5. The number of benzene rings is 1. The van der Waals surface area contributed by atoms with E-state index < -0.39 is 17.1 Å². The van der Waals surface area contributed by atoms with Crippen molar-refractivity contribution in [1.29, 1.82) is 5.26 Å². The highest BCUT2D eigenvalue weighted by molar-refractivity contribution is 5.91. The minimum atomic E-state index is -0.622. The molecule has 8 nitrogen and oxygen atoms in total. The van der Waals surface area contributed by atoms with Crippen LogP contribution in [0.2, 0.25) is 0 Å². The summed E-state index contributed by atoms with van der Waals surface area (Å²) in [7, 11) is 3.23. The molecule has 2 N–H and O–H groups in total. The molecule has 2 aromatic rings.